The Morgan fingerprint density at radius 3 is 1.68 bits per heavy atom. The minimum absolute atomic E-state index is 0.307. The van der Waals surface area contributed by atoms with Crippen LogP contribution < -0.4 is 0 Å². The van der Waals surface area contributed by atoms with Gasteiger partial charge in [-0.2, -0.15) is 0 Å². The predicted octanol–water partition coefficient (Wildman–Crippen LogP) is 1.41. The van der Waals surface area contributed by atoms with Gasteiger partial charge in [0.2, 0.25) is 0 Å². The standard InChI is InChI=1S/C18H36O6S/c19-11-9-7-5-3-1-2-4-6-8-10-12-25-18-17(23)16(22)15(21)14(13-20)24-18/h14-23H,1-13H2/t14-,15+,16+,17-,18-/m1/s1. The van der Waals surface area contributed by atoms with Crippen molar-refractivity contribution >= 4 is 11.8 Å². The van der Waals surface area contributed by atoms with Gasteiger partial charge in [0.15, 0.2) is 0 Å². The Morgan fingerprint density at radius 1 is 0.640 bits per heavy atom. The normalized spacial score (nSPS) is 29.9. The highest BCUT2D eigenvalue weighted by atomic mass is 32.2. The molecule has 0 amide bonds. The van der Waals surface area contributed by atoms with Crippen LogP contribution >= 0.6 is 11.8 Å². The van der Waals surface area contributed by atoms with Gasteiger partial charge in [-0.1, -0.05) is 51.4 Å². The summed E-state index contributed by atoms with van der Waals surface area (Å²) in [7, 11) is 0. The lowest BCUT2D eigenvalue weighted by Gasteiger charge is -2.39. The van der Waals surface area contributed by atoms with E-state index in [1.54, 1.807) is 0 Å². The molecule has 7 heteroatoms. The van der Waals surface area contributed by atoms with E-state index in [4.69, 9.17) is 14.9 Å². The Bertz CT molecular complexity index is 318. The highest BCUT2D eigenvalue weighted by molar-refractivity contribution is 7.99. The van der Waals surface area contributed by atoms with E-state index in [-0.39, 0.29) is 6.61 Å². The van der Waals surface area contributed by atoms with E-state index in [0.29, 0.717) is 6.61 Å². The fraction of sp³-hybridized carbons (Fsp3) is 1.00. The van der Waals surface area contributed by atoms with Gasteiger partial charge >= 0.3 is 0 Å². The molecule has 25 heavy (non-hydrogen) atoms. The lowest BCUT2D eigenvalue weighted by Crippen LogP contribution is -2.57. The second-order valence-corrected chi connectivity index (χ2v) is 8.03. The maximum atomic E-state index is 9.95. The van der Waals surface area contributed by atoms with E-state index < -0.39 is 29.9 Å². The number of hydrogen-bond acceptors (Lipinski definition) is 7. The SMILES string of the molecule is OCCCCCCCCCCCCS[C@H]1O[C@H](CO)[C@H](O)[C@H](O)[C@H]1O. The zero-order valence-corrected chi connectivity index (χ0v) is 15.9. The van der Waals surface area contributed by atoms with Crippen molar-refractivity contribution in [2.75, 3.05) is 19.0 Å². The number of unbranched alkanes of at least 4 members (excludes halogenated alkanes) is 9. The maximum Gasteiger partial charge on any atom is 0.132 e. The Morgan fingerprint density at radius 2 is 1.16 bits per heavy atom. The quantitative estimate of drug-likeness (QED) is 0.290. The monoisotopic (exact) mass is 380 g/mol. The average molecular weight is 381 g/mol. The van der Waals surface area contributed by atoms with Crippen molar-refractivity contribution in [2.45, 2.75) is 94.1 Å². The third kappa shape index (κ3) is 9.04. The van der Waals surface area contributed by atoms with Crippen molar-refractivity contribution in [1.29, 1.82) is 0 Å². The molecule has 0 aromatic rings. The molecule has 150 valence electrons. The van der Waals surface area contributed by atoms with Gasteiger partial charge in [-0.3, -0.25) is 0 Å². The summed E-state index contributed by atoms with van der Waals surface area (Å²) in [5.41, 5.74) is -0.602. The van der Waals surface area contributed by atoms with Crippen LogP contribution in [0.2, 0.25) is 0 Å². The third-order valence-corrected chi connectivity index (χ3v) is 5.93. The van der Waals surface area contributed by atoms with Crippen LogP contribution in [-0.2, 0) is 4.74 Å². The van der Waals surface area contributed by atoms with Gasteiger partial charge in [-0.05, 0) is 18.6 Å². The second-order valence-electron chi connectivity index (χ2n) is 6.83. The molecule has 0 radical (unpaired) electrons. The summed E-state index contributed by atoms with van der Waals surface area (Å²) in [6.45, 7) is -0.0663. The molecule has 0 spiro atoms. The summed E-state index contributed by atoms with van der Waals surface area (Å²) >= 11 is 1.44. The van der Waals surface area contributed by atoms with Crippen LogP contribution in [0.25, 0.3) is 0 Å². The van der Waals surface area contributed by atoms with Crippen LogP contribution in [0.3, 0.4) is 0 Å². The van der Waals surface area contributed by atoms with E-state index in [0.717, 1.165) is 31.4 Å². The Hall–Kier alpha value is 0.110. The fourth-order valence-electron chi connectivity index (χ4n) is 3.03. The van der Waals surface area contributed by atoms with Crippen molar-refractivity contribution in [3.63, 3.8) is 0 Å². The van der Waals surface area contributed by atoms with Crippen LogP contribution in [0.1, 0.15) is 64.2 Å². The minimum atomic E-state index is -1.28. The van der Waals surface area contributed by atoms with Crippen molar-refractivity contribution in [3.05, 3.63) is 0 Å². The van der Waals surface area contributed by atoms with Crippen molar-refractivity contribution < 1.29 is 30.3 Å². The third-order valence-electron chi connectivity index (χ3n) is 4.68. The maximum absolute atomic E-state index is 9.95. The molecule has 5 atom stereocenters. The van der Waals surface area contributed by atoms with Gasteiger partial charge in [-0.25, -0.2) is 0 Å². The molecular formula is C18H36O6S. The fourth-order valence-corrected chi connectivity index (χ4v) is 4.22. The number of aliphatic hydroxyl groups excluding tert-OH is 5. The highest BCUT2D eigenvalue weighted by Crippen LogP contribution is 2.29. The van der Waals surface area contributed by atoms with Crippen LogP contribution in [0.15, 0.2) is 0 Å². The Labute approximate surface area is 155 Å². The van der Waals surface area contributed by atoms with Gasteiger partial charge in [-0.15, -0.1) is 11.8 Å². The molecule has 0 bridgehead atoms. The number of hydrogen-bond donors (Lipinski definition) is 5. The minimum Gasteiger partial charge on any atom is -0.396 e. The molecule has 1 heterocycles. The van der Waals surface area contributed by atoms with Crippen LogP contribution in [-0.4, -0.2) is 74.4 Å². The molecule has 0 saturated carbocycles. The first kappa shape index (κ1) is 23.1. The highest BCUT2D eigenvalue weighted by Gasteiger charge is 2.43. The van der Waals surface area contributed by atoms with Crippen LogP contribution in [0, 0.1) is 0 Å². The van der Waals surface area contributed by atoms with E-state index in [1.807, 2.05) is 0 Å². The molecule has 6 nitrogen and oxygen atoms in total. The largest absolute Gasteiger partial charge is 0.396 e. The number of ether oxygens (including phenoxy) is 1. The van der Waals surface area contributed by atoms with Gasteiger partial charge in [0.25, 0.3) is 0 Å². The molecular weight excluding hydrogens is 344 g/mol. The smallest absolute Gasteiger partial charge is 0.132 e. The first-order chi connectivity index (χ1) is 12.1. The van der Waals surface area contributed by atoms with Crippen LogP contribution in [0.4, 0.5) is 0 Å². The molecule has 0 unspecified atom stereocenters. The van der Waals surface area contributed by atoms with Gasteiger partial charge in [0.05, 0.1) is 6.61 Å². The molecule has 1 fully saturated rings. The first-order valence-electron chi connectivity index (χ1n) is 9.64. The molecule has 5 N–H and O–H groups in total. The van der Waals surface area contributed by atoms with Crippen molar-refractivity contribution in [1.82, 2.24) is 0 Å². The number of rotatable bonds is 14. The molecule has 1 saturated heterocycles. The summed E-state index contributed by atoms with van der Waals surface area (Å²) < 4.78 is 5.47. The number of aliphatic hydroxyl groups is 5. The van der Waals surface area contributed by atoms with E-state index >= 15 is 0 Å². The Kier molecular flexibility index (Phi) is 13.2. The second kappa shape index (κ2) is 14.2. The van der Waals surface area contributed by atoms with Crippen LogP contribution in [0.5, 0.6) is 0 Å². The summed E-state index contributed by atoms with van der Waals surface area (Å²) in [4.78, 5) is 0. The summed E-state index contributed by atoms with van der Waals surface area (Å²) in [5, 5.41) is 47.3. The molecule has 0 aromatic carbocycles. The summed E-state index contributed by atoms with van der Waals surface area (Å²) in [6, 6.07) is 0. The van der Waals surface area contributed by atoms with Gasteiger partial charge < -0.3 is 30.3 Å². The van der Waals surface area contributed by atoms with E-state index in [1.165, 1.54) is 50.3 Å². The molecule has 1 rings (SSSR count). The first-order valence-corrected chi connectivity index (χ1v) is 10.7. The predicted molar refractivity (Wildman–Crippen MR) is 99.5 cm³/mol. The topological polar surface area (TPSA) is 110 Å². The lowest BCUT2D eigenvalue weighted by atomic mass is 10.0. The van der Waals surface area contributed by atoms with Crippen molar-refractivity contribution in [3.8, 4) is 0 Å². The van der Waals surface area contributed by atoms with E-state index in [9.17, 15) is 15.3 Å². The zero-order valence-electron chi connectivity index (χ0n) is 15.1. The van der Waals surface area contributed by atoms with E-state index in [2.05, 4.69) is 0 Å². The average Bonchev–Trinajstić information content (AvgIpc) is 2.62. The lowest BCUT2D eigenvalue weighted by molar-refractivity contribution is -0.205. The molecule has 0 aromatic heterocycles. The molecule has 0 aliphatic carbocycles. The Balaban J connectivity index is 1.99. The van der Waals surface area contributed by atoms with Gasteiger partial charge in [0, 0.05) is 6.61 Å². The van der Waals surface area contributed by atoms with Gasteiger partial charge in [0.1, 0.15) is 29.9 Å². The number of thioether (sulfide) groups is 1. The summed E-state index contributed by atoms with van der Waals surface area (Å²) in [5.74, 6) is 0.823. The molecule has 1 aliphatic heterocycles. The molecule has 1 aliphatic rings. The zero-order chi connectivity index (χ0) is 18.5. The summed E-state index contributed by atoms with van der Waals surface area (Å²) in [6.07, 6.45) is 7.16. The van der Waals surface area contributed by atoms with Crippen molar-refractivity contribution in [2.24, 2.45) is 0 Å².